The molecule has 4 heterocycles. The summed E-state index contributed by atoms with van der Waals surface area (Å²) >= 11 is 1.78. The highest BCUT2D eigenvalue weighted by molar-refractivity contribution is 7.26. The Morgan fingerprint density at radius 2 is 0.964 bits per heavy atom. The van der Waals surface area contributed by atoms with Gasteiger partial charge in [-0.2, -0.15) is 0 Å². The summed E-state index contributed by atoms with van der Waals surface area (Å²) in [6.07, 6.45) is 0. The Morgan fingerprint density at radius 3 is 1.71 bits per heavy atom. The molecule has 0 unspecified atom stereocenters. The molecule has 262 valence electrons. The molecule has 7 heteroatoms. The maximum atomic E-state index is 6.35. The molecule has 0 aliphatic rings. The molecule has 0 saturated carbocycles. The number of aromatic nitrogens is 5. The summed E-state index contributed by atoms with van der Waals surface area (Å²) in [6.45, 7) is 0. The minimum Gasteiger partial charge on any atom is -0.452 e. The van der Waals surface area contributed by atoms with Crippen LogP contribution in [0.15, 0.2) is 180 Å². The number of fused-ring (bicyclic) bond motifs is 6. The molecule has 4 aromatic heterocycles. The van der Waals surface area contributed by atoms with Gasteiger partial charge in [-0.1, -0.05) is 140 Å². The molecule has 0 bridgehead atoms. The van der Waals surface area contributed by atoms with Gasteiger partial charge in [0.05, 0.1) is 0 Å². The van der Waals surface area contributed by atoms with Gasteiger partial charge in [-0.25, -0.2) is 24.9 Å². The zero-order valence-electron chi connectivity index (χ0n) is 29.8. The lowest BCUT2D eigenvalue weighted by molar-refractivity contribution is 0.667. The fourth-order valence-corrected chi connectivity index (χ4v) is 8.58. The van der Waals surface area contributed by atoms with Crippen LogP contribution in [0.3, 0.4) is 0 Å². The minimum atomic E-state index is 0.641. The van der Waals surface area contributed by atoms with E-state index in [-0.39, 0.29) is 0 Å². The average molecular weight is 736 g/mol. The maximum Gasteiger partial charge on any atom is 0.180 e. The number of hydrogen-bond acceptors (Lipinski definition) is 7. The van der Waals surface area contributed by atoms with Crippen LogP contribution in [0.5, 0.6) is 0 Å². The smallest absolute Gasteiger partial charge is 0.180 e. The monoisotopic (exact) mass is 735 g/mol. The van der Waals surface area contributed by atoms with Crippen LogP contribution in [-0.4, -0.2) is 24.9 Å². The molecule has 56 heavy (non-hydrogen) atoms. The molecule has 0 atom stereocenters. The molecule has 0 aliphatic carbocycles. The summed E-state index contributed by atoms with van der Waals surface area (Å²) in [5.74, 6) is 2.57. The van der Waals surface area contributed by atoms with E-state index in [1.165, 1.54) is 9.40 Å². The second kappa shape index (κ2) is 13.2. The summed E-state index contributed by atoms with van der Waals surface area (Å²) in [7, 11) is 0. The van der Waals surface area contributed by atoms with Crippen molar-refractivity contribution >= 4 is 53.6 Å². The third-order valence-electron chi connectivity index (χ3n) is 10.2. The van der Waals surface area contributed by atoms with Crippen LogP contribution in [0.25, 0.3) is 110 Å². The molecule has 0 spiro atoms. The van der Waals surface area contributed by atoms with Crippen LogP contribution in [0.4, 0.5) is 0 Å². The van der Waals surface area contributed by atoms with Gasteiger partial charge < -0.3 is 4.42 Å². The first kappa shape index (κ1) is 32.1. The standard InChI is InChI=1S/C49H29N5OS/c1-4-14-30(15-5-1)43-45-44(36-22-10-11-24-39(36)55-45)51-48(50-43)35-21-12-20-33(28-35)34-26-27-40-38(29-34)42-37(23-13-25-41(42)56-40)49-53-46(31-16-6-2-7-17-31)52-47(54-49)32-18-8-3-9-19-32/h1-29H. The molecule has 11 rings (SSSR count). The van der Waals surface area contributed by atoms with E-state index >= 15 is 0 Å². The Hall–Kier alpha value is -7.35. The van der Waals surface area contributed by atoms with Crippen molar-refractivity contribution in [3.8, 4) is 67.9 Å². The zero-order chi connectivity index (χ0) is 37.0. The summed E-state index contributed by atoms with van der Waals surface area (Å²) in [5.41, 5.74) is 9.98. The predicted molar refractivity (Wildman–Crippen MR) is 228 cm³/mol. The number of nitrogens with zero attached hydrogens (tertiary/aromatic N) is 5. The Kier molecular flexibility index (Phi) is 7.57. The molecule has 11 aromatic rings. The molecular weight excluding hydrogens is 707 g/mol. The van der Waals surface area contributed by atoms with Crippen LogP contribution in [-0.2, 0) is 0 Å². The number of hydrogen-bond donors (Lipinski definition) is 0. The van der Waals surface area contributed by atoms with E-state index in [9.17, 15) is 0 Å². The van der Waals surface area contributed by atoms with Gasteiger partial charge in [0.25, 0.3) is 0 Å². The Morgan fingerprint density at radius 1 is 0.375 bits per heavy atom. The molecule has 0 aliphatic heterocycles. The van der Waals surface area contributed by atoms with Crippen molar-refractivity contribution < 1.29 is 4.42 Å². The molecule has 0 amide bonds. The van der Waals surface area contributed by atoms with E-state index in [0.717, 1.165) is 71.9 Å². The van der Waals surface area contributed by atoms with Crippen LogP contribution in [0.1, 0.15) is 0 Å². The maximum absolute atomic E-state index is 6.35. The number of rotatable bonds is 6. The first-order valence-electron chi connectivity index (χ1n) is 18.4. The van der Waals surface area contributed by atoms with Gasteiger partial charge >= 0.3 is 0 Å². The first-order chi connectivity index (χ1) is 27.7. The van der Waals surface area contributed by atoms with E-state index in [1.54, 1.807) is 11.3 Å². The fraction of sp³-hybridized carbons (Fsp3) is 0. The molecule has 7 aromatic carbocycles. The molecule has 0 saturated heterocycles. The fourth-order valence-electron chi connectivity index (χ4n) is 7.47. The van der Waals surface area contributed by atoms with Gasteiger partial charge in [-0.05, 0) is 47.5 Å². The summed E-state index contributed by atoms with van der Waals surface area (Å²) in [6, 6.07) is 60.0. The van der Waals surface area contributed by atoms with Gasteiger partial charge in [-0.3, -0.25) is 0 Å². The topological polar surface area (TPSA) is 77.6 Å². The number of benzene rings is 7. The third kappa shape index (κ3) is 5.52. The lowest BCUT2D eigenvalue weighted by Gasteiger charge is -2.10. The largest absolute Gasteiger partial charge is 0.452 e. The normalized spacial score (nSPS) is 11.6. The molecule has 0 radical (unpaired) electrons. The zero-order valence-corrected chi connectivity index (χ0v) is 30.6. The molecule has 6 nitrogen and oxygen atoms in total. The minimum absolute atomic E-state index is 0.641. The summed E-state index contributed by atoms with van der Waals surface area (Å²) in [5, 5.41) is 3.25. The second-order valence-corrected chi connectivity index (χ2v) is 14.7. The second-order valence-electron chi connectivity index (χ2n) is 13.6. The van der Waals surface area contributed by atoms with Crippen LogP contribution in [0, 0.1) is 0 Å². The van der Waals surface area contributed by atoms with Crippen molar-refractivity contribution in [1.29, 1.82) is 0 Å². The van der Waals surface area contributed by atoms with E-state index in [0.29, 0.717) is 28.9 Å². The van der Waals surface area contributed by atoms with Crippen molar-refractivity contribution in [3.05, 3.63) is 176 Å². The van der Waals surface area contributed by atoms with Crippen LogP contribution < -0.4 is 0 Å². The van der Waals surface area contributed by atoms with E-state index in [4.69, 9.17) is 29.3 Å². The van der Waals surface area contributed by atoms with Crippen molar-refractivity contribution in [3.63, 3.8) is 0 Å². The van der Waals surface area contributed by atoms with Crippen LogP contribution >= 0.6 is 11.3 Å². The average Bonchev–Trinajstić information content (AvgIpc) is 3.85. The van der Waals surface area contributed by atoms with Gasteiger partial charge in [-0.15, -0.1) is 11.3 Å². The van der Waals surface area contributed by atoms with E-state index in [2.05, 4.69) is 78.9 Å². The van der Waals surface area contributed by atoms with Crippen molar-refractivity contribution in [2.24, 2.45) is 0 Å². The summed E-state index contributed by atoms with van der Waals surface area (Å²) < 4.78 is 8.72. The van der Waals surface area contributed by atoms with Gasteiger partial charge in [0.2, 0.25) is 0 Å². The Balaban J connectivity index is 1.06. The Labute approximate surface area is 325 Å². The Bertz CT molecular complexity index is 3190. The van der Waals surface area contributed by atoms with Gasteiger partial charge in [0.15, 0.2) is 28.9 Å². The summed E-state index contributed by atoms with van der Waals surface area (Å²) in [4.78, 5) is 25.4. The first-order valence-corrected chi connectivity index (χ1v) is 19.2. The van der Waals surface area contributed by atoms with Gasteiger partial charge in [0.1, 0.15) is 16.8 Å². The number of para-hydroxylation sites is 1. The van der Waals surface area contributed by atoms with E-state index in [1.807, 2.05) is 97.1 Å². The van der Waals surface area contributed by atoms with Gasteiger partial charge in [0, 0.05) is 53.4 Å². The highest BCUT2D eigenvalue weighted by Gasteiger charge is 2.20. The number of furan rings is 1. The highest BCUT2D eigenvalue weighted by Crippen LogP contribution is 2.42. The molecule has 0 fully saturated rings. The van der Waals surface area contributed by atoms with Crippen molar-refractivity contribution in [1.82, 2.24) is 24.9 Å². The van der Waals surface area contributed by atoms with Crippen molar-refractivity contribution in [2.75, 3.05) is 0 Å². The lowest BCUT2D eigenvalue weighted by atomic mass is 9.99. The quantitative estimate of drug-likeness (QED) is 0.169. The van der Waals surface area contributed by atoms with Crippen LogP contribution in [0.2, 0.25) is 0 Å². The lowest BCUT2D eigenvalue weighted by Crippen LogP contribution is -2.00. The molecular formula is C49H29N5OS. The number of thiophene rings is 1. The van der Waals surface area contributed by atoms with E-state index < -0.39 is 0 Å². The molecule has 0 N–H and O–H groups in total. The third-order valence-corrected chi connectivity index (χ3v) is 11.3. The SMILES string of the molecule is c1ccc(-c2nc(-c3ccccc3)nc(-c3cccc4sc5ccc(-c6cccc(-c7nc(-c8ccccc8)c8oc9ccccc9c8n7)c6)cc5c34)n2)cc1. The predicted octanol–water partition coefficient (Wildman–Crippen LogP) is 12.9. The highest BCUT2D eigenvalue weighted by atomic mass is 32.1. The van der Waals surface area contributed by atoms with Crippen molar-refractivity contribution in [2.45, 2.75) is 0 Å².